The van der Waals surface area contributed by atoms with Gasteiger partial charge in [0.2, 0.25) is 5.91 Å². The van der Waals surface area contributed by atoms with Crippen molar-refractivity contribution >= 4 is 5.91 Å². The first-order valence-electron chi connectivity index (χ1n) is 10.4. The maximum atomic E-state index is 12.6. The molecule has 2 heterocycles. The maximum Gasteiger partial charge on any atom is 0.221 e. The van der Waals surface area contributed by atoms with Gasteiger partial charge in [0, 0.05) is 43.4 Å². The molecule has 1 N–H and O–H groups in total. The average molecular weight is 405 g/mol. The number of hydrogen-bond donors (Lipinski definition) is 1. The maximum absolute atomic E-state index is 12.6. The lowest BCUT2D eigenvalue weighted by Gasteiger charge is -2.22. The van der Waals surface area contributed by atoms with Crippen LogP contribution in [0, 0.1) is 0 Å². The number of fused-ring (bicyclic) bond motifs is 1. The molecule has 6 heteroatoms. The number of carbonyl (C=O) groups excluding carboxylic acids is 1. The standard InChI is InChI=1S/C24H28N4O2/c1-18-15-27(16-20-8-6-7-11-23(20)30-18)13-12-24(29)26-19(2)21-14-25-28(17-21)22-9-4-3-5-10-22/h3-11,14,17-19H,12-13,15-16H2,1-2H3,(H,26,29)/t18-,19+/m1/s1. The van der Waals surface area contributed by atoms with E-state index in [-0.39, 0.29) is 18.1 Å². The van der Waals surface area contributed by atoms with Crippen LogP contribution in [0.1, 0.15) is 37.4 Å². The van der Waals surface area contributed by atoms with E-state index in [0.29, 0.717) is 13.0 Å². The van der Waals surface area contributed by atoms with Gasteiger partial charge in [-0.1, -0.05) is 36.4 Å². The number of amides is 1. The van der Waals surface area contributed by atoms with Crippen LogP contribution in [0.5, 0.6) is 5.75 Å². The molecule has 0 fully saturated rings. The van der Waals surface area contributed by atoms with Crippen LogP contribution in [0.4, 0.5) is 0 Å². The van der Waals surface area contributed by atoms with E-state index in [9.17, 15) is 4.79 Å². The van der Waals surface area contributed by atoms with Crippen LogP contribution in [0.25, 0.3) is 5.69 Å². The molecule has 0 saturated carbocycles. The van der Waals surface area contributed by atoms with Crippen LogP contribution in [-0.2, 0) is 11.3 Å². The molecule has 0 aliphatic carbocycles. The summed E-state index contributed by atoms with van der Waals surface area (Å²) in [6, 6.07) is 18.0. The number of benzene rings is 2. The highest BCUT2D eigenvalue weighted by atomic mass is 16.5. The highest BCUT2D eigenvalue weighted by molar-refractivity contribution is 5.76. The summed E-state index contributed by atoms with van der Waals surface area (Å²) in [4.78, 5) is 14.8. The predicted octanol–water partition coefficient (Wildman–Crippen LogP) is 3.72. The molecule has 6 nitrogen and oxygen atoms in total. The predicted molar refractivity (Wildman–Crippen MR) is 117 cm³/mol. The molecule has 1 aliphatic rings. The van der Waals surface area contributed by atoms with Gasteiger partial charge in [0.05, 0.1) is 17.9 Å². The highest BCUT2D eigenvalue weighted by Crippen LogP contribution is 2.24. The molecule has 2 aromatic carbocycles. The lowest BCUT2D eigenvalue weighted by molar-refractivity contribution is -0.122. The molecule has 156 valence electrons. The lowest BCUT2D eigenvalue weighted by Crippen LogP contribution is -2.35. The normalized spacial score (nSPS) is 17.5. The first kappa shape index (κ1) is 20.2. The van der Waals surface area contributed by atoms with Crippen molar-refractivity contribution < 1.29 is 9.53 Å². The molecule has 2 atom stereocenters. The van der Waals surface area contributed by atoms with E-state index in [2.05, 4.69) is 28.3 Å². The van der Waals surface area contributed by atoms with Crippen LogP contribution in [0.2, 0.25) is 0 Å². The molecule has 3 aromatic rings. The molecule has 0 saturated heterocycles. The Labute approximate surface area is 177 Å². The molecular formula is C24H28N4O2. The van der Waals surface area contributed by atoms with Crippen molar-refractivity contribution in [1.82, 2.24) is 20.0 Å². The van der Waals surface area contributed by atoms with Crippen molar-refractivity contribution in [2.45, 2.75) is 39.0 Å². The second-order valence-electron chi connectivity index (χ2n) is 7.86. The fourth-order valence-electron chi connectivity index (χ4n) is 3.78. The smallest absolute Gasteiger partial charge is 0.221 e. The number of ether oxygens (including phenoxy) is 1. The Hall–Kier alpha value is -3.12. The zero-order valence-corrected chi connectivity index (χ0v) is 17.5. The second kappa shape index (κ2) is 9.13. The summed E-state index contributed by atoms with van der Waals surface area (Å²) in [7, 11) is 0. The molecule has 1 aliphatic heterocycles. The van der Waals surface area contributed by atoms with Gasteiger partial charge in [0.15, 0.2) is 0 Å². The van der Waals surface area contributed by atoms with Gasteiger partial charge in [-0.25, -0.2) is 4.68 Å². The quantitative estimate of drug-likeness (QED) is 0.680. The Morgan fingerprint density at radius 3 is 2.80 bits per heavy atom. The molecule has 30 heavy (non-hydrogen) atoms. The van der Waals surface area contributed by atoms with E-state index >= 15 is 0 Å². The fraction of sp³-hybridized carbons (Fsp3) is 0.333. The van der Waals surface area contributed by atoms with Crippen molar-refractivity contribution in [3.63, 3.8) is 0 Å². The van der Waals surface area contributed by atoms with E-state index in [4.69, 9.17) is 4.74 Å². The van der Waals surface area contributed by atoms with Crippen LogP contribution >= 0.6 is 0 Å². The van der Waals surface area contributed by atoms with Gasteiger partial charge >= 0.3 is 0 Å². The largest absolute Gasteiger partial charge is 0.489 e. The Balaban J connectivity index is 1.31. The minimum absolute atomic E-state index is 0.0427. The molecule has 0 unspecified atom stereocenters. The molecule has 0 spiro atoms. The summed E-state index contributed by atoms with van der Waals surface area (Å²) in [6.07, 6.45) is 4.32. The van der Waals surface area contributed by atoms with Crippen LogP contribution in [0.3, 0.4) is 0 Å². The first-order chi connectivity index (χ1) is 14.6. The van der Waals surface area contributed by atoms with E-state index in [0.717, 1.165) is 30.1 Å². The van der Waals surface area contributed by atoms with E-state index in [1.54, 1.807) is 0 Å². The number of aromatic nitrogens is 2. The fourth-order valence-corrected chi connectivity index (χ4v) is 3.78. The molecular weight excluding hydrogens is 376 g/mol. The number of nitrogens with one attached hydrogen (secondary N) is 1. The molecule has 0 radical (unpaired) electrons. The molecule has 4 rings (SSSR count). The number of nitrogens with zero attached hydrogens (tertiary/aromatic N) is 3. The first-order valence-corrected chi connectivity index (χ1v) is 10.4. The van der Waals surface area contributed by atoms with Gasteiger partial charge < -0.3 is 10.1 Å². The Kier molecular flexibility index (Phi) is 6.14. The molecule has 0 bridgehead atoms. The van der Waals surface area contributed by atoms with Crippen molar-refractivity contribution in [2.24, 2.45) is 0 Å². The Morgan fingerprint density at radius 1 is 1.20 bits per heavy atom. The number of hydrogen-bond acceptors (Lipinski definition) is 4. The monoisotopic (exact) mass is 404 g/mol. The van der Waals surface area contributed by atoms with Gasteiger partial charge in [-0.05, 0) is 32.0 Å². The Bertz CT molecular complexity index is 986. The number of rotatable bonds is 6. The summed E-state index contributed by atoms with van der Waals surface area (Å²) < 4.78 is 7.83. The van der Waals surface area contributed by atoms with Crippen molar-refractivity contribution in [3.05, 3.63) is 78.1 Å². The van der Waals surface area contributed by atoms with E-state index in [1.807, 2.05) is 72.5 Å². The van der Waals surface area contributed by atoms with Gasteiger partial charge in [-0.3, -0.25) is 9.69 Å². The van der Waals surface area contributed by atoms with Crippen molar-refractivity contribution in [3.8, 4) is 11.4 Å². The summed E-state index contributed by atoms with van der Waals surface area (Å²) in [5.41, 5.74) is 3.15. The van der Waals surface area contributed by atoms with Gasteiger partial charge in [0.25, 0.3) is 0 Å². The Morgan fingerprint density at radius 2 is 1.97 bits per heavy atom. The van der Waals surface area contributed by atoms with Crippen molar-refractivity contribution in [1.29, 1.82) is 0 Å². The van der Waals surface area contributed by atoms with Crippen LogP contribution in [-0.4, -0.2) is 39.8 Å². The van der Waals surface area contributed by atoms with Gasteiger partial charge in [0.1, 0.15) is 11.9 Å². The third-order valence-electron chi connectivity index (χ3n) is 5.37. The summed E-state index contributed by atoms with van der Waals surface area (Å²) in [6.45, 7) is 6.36. The minimum atomic E-state index is -0.0953. The third-order valence-corrected chi connectivity index (χ3v) is 5.37. The summed E-state index contributed by atoms with van der Waals surface area (Å²) >= 11 is 0. The summed E-state index contributed by atoms with van der Waals surface area (Å²) in [5, 5.41) is 7.51. The SMILES string of the molecule is C[C@@H]1CN(CCC(=O)N[C@@H](C)c2cnn(-c3ccccc3)c2)Cc2ccccc2O1. The van der Waals surface area contributed by atoms with Gasteiger partial charge in [-0.15, -0.1) is 0 Å². The van der Waals surface area contributed by atoms with Crippen molar-refractivity contribution in [2.75, 3.05) is 13.1 Å². The summed E-state index contributed by atoms with van der Waals surface area (Å²) in [5.74, 6) is 0.988. The lowest BCUT2D eigenvalue weighted by atomic mass is 10.1. The van der Waals surface area contributed by atoms with Crippen LogP contribution < -0.4 is 10.1 Å². The number of para-hydroxylation sites is 2. The van der Waals surface area contributed by atoms with E-state index in [1.165, 1.54) is 5.56 Å². The molecule has 1 amide bonds. The average Bonchev–Trinajstić information content (AvgIpc) is 3.18. The highest BCUT2D eigenvalue weighted by Gasteiger charge is 2.20. The third kappa shape index (κ3) is 4.89. The zero-order valence-electron chi connectivity index (χ0n) is 17.5. The topological polar surface area (TPSA) is 59.4 Å². The number of carbonyl (C=O) groups is 1. The van der Waals surface area contributed by atoms with E-state index < -0.39 is 0 Å². The molecule has 1 aromatic heterocycles. The zero-order chi connectivity index (χ0) is 20.9. The minimum Gasteiger partial charge on any atom is -0.489 e. The van der Waals surface area contributed by atoms with Crippen LogP contribution in [0.15, 0.2) is 67.0 Å². The second-order valence-corrected chi connectivity index (χ2v) is 7.86. The van der Waals surface area contributed by atoms with Gasteiger partial charge in [-0.2, -0.15) is 5.10 Å².